The van der Waals surface area contributed by atoms with Gasteiger partial charge in [-0.1, -0.05) is 6.58 Å². The molecule has 0 aromatic heterocycles. The third-order valence-corrected chi connectivity index (χ3v) is 2.96. The molecular formula is C12H19N3O. The SMILES string of the molecule is C=C(CNC1CC1)CN1CCOC(C#N)C1. The lowest BCUT2D eigenvalue weighted by molar-refractivity contribution is 0.00409. The zero-order chi connectivity index (χ0) is 11.4. The van der Waals surface area contributed by atoms with Gasteiger partial charge in [0.2, 0.25) is 0 Å². The molecule has 2 rings (SSSR count). The van der Waals surface area contributed by atoms with Gasteiger partial charge in [-0.25, -0.2) is 0 Å². The summed E-state index contributed by atoms with van der Waals surface area (Å²) >= 11 is 0. The van der Waals surface area contributed by atoms with E-state index in [1.807, 2.05) is 0 Å². The van der Waals surface area contributed by atoms with Crippen molar-refractivity contribution in [1.82, 2.24) is 10.2 Å². The maximum Gasteiger partial charge on any atom is 0.156 e. The van der Waals surface area contributed by atoms with Crippen molar-refractivity contribution in [1.29, 1.82) is 5.26 Å². The Hall–Kier alpha value is -0.890. The third kappa shape index (κ3) is 3.60. The van der Waals surface area contributed by atoms with E-state index in [4.69, 9.17) is 10.00 Å². The highest BCUT2D eigenvalue weighted by atomic mass is 16.5. The maximum absolute atomic E-state index is 8.79. The molecule has 1 aliphatic carbocycles. The van der Waals surface area contributed by atoms with Crippen LogP contribution in [0, 0.1) is 11.3 Å². The number of rotatable bonds is 5. The fourth-order valence-electron chi connectivity index (χ4n) is 1.87. The molecule has 2 aliphatic rings. The average molecular weight is 221 g/mol. The van der Waals surface area contributed by atoms with Crippen LogP contribution in [-0.2, 0) is 4.74 Å². The highest BCUT2D eigenvalue weighted by Crippen LogP contribution is 2.18. The second-order valence-electron chi connectivity index (χ2n) is 4.63. The molecule has 1 heterocycles. The van der Waals surface area contributed by atoms with Crippen LogP contribution in [0.2, 0.25) is 0 Å². The molecule has 0 aromatic carbocycles. The number of hydrogen-bond acceptors (Lipinski definition) is 4. The Morgan fingerprint density at radius 1 is 1.56 bits per heavy atom. The van der Waals surface area contributed by atoms with Gasteiger partial charge in [0.15, 0.2) is 6.10 Å². The molecule has 1 unspecified atom stereocenters. The Morgan fingerprint density at radius 3 is 3.06 bits per heavy atom. The van der Waals surface area contributed by atoms with Crippen LogP contribution in [0.25, 0.3) is 0 Å². The second kappa shape index (κ2) is 5.44. The molecule has 1 N–H and O–H groups in total. The van der Waals surface area contributed by atoms with Gasteiger partial charge < -0.3 is 10.1 Å². The van der Waals surface area contributed by atoms with Crippen LogP contribution in [0.4, 0.5) is 0 Å². The van der Waals surface area contributed by atoms with Gasteiger partial charge in [0.1, 0.15) is 0 Å². The Balaban J connectivity index is 1.67. The molecule has 1 saturated heterocycles. The maximum atomic E-state index is 8.79. The molecule has 0 bridgehead atoms. The summed E-state index contributed by atoms with van der Waals surface area (Å²) in [6.07, 6.45) is 2.35. The second-order valence-corrected chi connectivity index (χ2v) is 4.63. The minimum absolute atomic E-state index is 0.266. The number of morpholine rings is 1. The Morgan fingerprint density at radius 2 is 2.38 bits per heavy atom. The van der Waals surface area contributed by atoms with Gasteiger partial charge in [-0.3, -0.25) is 4.90 Å². The van der Waals surface area contributed by atoms with Gasteiger partial charge in [-0.05, 0) is 18.4 Å². The lowest BCUT2D eigenvalue weighted by atomic mass is 10.2. The summed E-state index contributed by atoms with van der Waals surface area (Å²) in [6, 6.07) is 2.89. The zero-order valence-corrected chi connectivity index (χ0v) is 9.61. The van der Waals surface area contributed by atoms with Gasteiger partial charge in [0, 0.05) is 32.2 Å². The molecule has 0 radical (unpaired) electrons. The van der Waals surface area contributed by atoms with E-state index >= 15 is 0 Å². The van der Waals surface area contributed by atoms with E-state index in [0.717, 1.165) is 25.7 Å². The first-order valence-corrected chi connectivity index (χ1v) is 5.91. The van der Waals surface area contributed by atoms with E-state index in [2.05, 4.69) is 22.9 Å². The highest BCUT2D eigenvalue weighted by Gasteiger charge is 2.22. The normalized spacial score (nSPS) is 26.3. The molecule has 88 valence electrons. The first kappa shape index (κ1) is 11.6. The van der Waals surface area contributed by atoms with Crippen LogP contribution in [0.5, 0.6) is 0 Å². The summed E-state index contributed by atoms with van der Waals surface area (Å²) in [5, 5.41) is 12.2. The first-order valence-electron chi connectivity index (χ1n) is 5.91. The average Bonchev–Trinajstić information content (AvgIpc) is 3.10. The van der Waals surface area contributed by atoms with E-state index in [1.165, 1.54) is 18.4 Å². The summed E-state index contributed by atoms with van der Waals surface area (Å²) in [4.78, 5) is 2.24. The predicted molar refractivity (Wildman–Crippen MR) is 62.0 cm³/mol. The summed E-state index contributed by atoms with van der Waals surface area (Å²) in [5.41, 5.74) is 1.20. The number of nitrogens with zero attached hydrogens (tertiary/aromatic N) is 2. The van der Waals surface area contributed by atoms with Gasteiger partial charge in [0.05, 0.1) is 12.7 Å². The molecule has 2 fully saturated rings. The van der Waals surface area contributed by atoms with Crippen molar-refractivity contribution in [2.24, 2.45) is 0 Å². The number of nitrogens with one attached hydrogen (secondary N) is 1. The van der Waals surface area contributed by atoms with Crippen molar-refractivity contribution in [3.05, 3.63) is 12.2 Å². The quantitative estimate of drug-likeness (QED) is 0.688. The standard InChI is InChI=1S/C12H19N3O/c1-10(7-14-11-2-3-11)8-15-4-5-16-12(6-13)9-15/h11-12,14H,1-5,7-9H2. The number of ether oxygens (including phenoxy) is 1. The molecule has 4 nitrogen and oxygen atoms in total. The van der Waals surface area contributed by atoms with Crippen molar-refractivity contribution in [3.8, 4) is 6.07 Å². The minimum Gasteiger partial charge on any atom is -0.361 e. The third-order valence-electron chi connectivity index (χ3n) is 2.96. The smallest absolute Gasteiger partial charge is 0.156 e. The fraction of sp³-hybridized carbons (Fsp3) is 0.750. The van der Waals surface area contributed by atoms with Crippen LogP contribution in [0.15, 0.2) is 12.2 Å². The van der Waals surface area contributed by atoms with Crippen molar-refractivity contribution in [2.45, 2.75) is 25.0 Å². The van der Waals surface area contributed by atoms with Crippen molar-refractivity contribution in [2.75, 3.05) is 32.8 Å². The minimum atomic E-state index is -0.266. The van der Waals surface area contributed by atoms with Gasteiger partial charge in [-0.2, -0.15) is 5.26 Å². The lowest BCUT2D eigenvalue weighted by Crippen LogP contribution is -2.43. The van der Waals surface area contributed by atoms with Crippen LogP contribution >= 0.6 is 0 Å². The molecule has 0 aromatic rings. The van der Waals surface area contributed by atoms with E-state index in [0.29, 0.717) is 13.2 Å². The van der Waals surface area contributed by atoms with E-state index < -0.39 is 0 Å². The predicted octanol–water partition coefficient (Wildman–Crippen LogP) is 0.519. The highest BCUT2D eigenvalue weighted by molar-refractivity contribution is 5.03. The number of hydrogen-bond donors (Lipinski definition) is 1. The van der Waals surface area contributed by atoms with Crippen LogP contribution < -0.4 is 5.32 Å². The van der Waals surface area contributed by atoms with Gasteiger partial charge in [-0.15, -0.1) is 0 Å². The van der Waals surface area contributed by atoms with E-state index in [-0.39, 0.29) is 6.10 Å². The van der Waals surface area contributed by atoms with E-state index in [1.54, 1.807) is 0 Å². The van der Waals surface area contributed by atoms with Gasteiger partial charge in [0.25, 0.3) is 0 Å². The summed E-state index contributed by atoms with van der Waals surface area (Å²) in [5.74, 6) is 0. The molecule has 1 atom stereocenters. The first-order chi connectivity index (χ1) is 7.78. The lowest BCUT2D eigenvalue weighted by Gasteiger charge is -2.30. The molecule has 0 amide bonds. The molecule has 1 aliphatic heterocycles. The Kier molecular flexibility index (Phi) is 3.94. The molecule has 1 saturated carbocycles. The van der Waals surface area contributed by atoms with Crippen molar-refractivity contribution in [3.63, 3.8) is 0 Å². The summed E-state index contributed by atoms with van der Waals surface area (Å²) in [7, 11) is 0. The Labute approximate surface area is 96.9 Å². The summed E-state index contributed by atoms with van der Waals surface area (Å²) < 4.78 is 5.30. The Bertz CT molecular complexity index is 293. The largest absolute Gasteiger partial charge is 0.361 e. The summed E-state index contributed by atoms with van der Waals surface area (Å²) in [6.45, 7) is 8.11. The van der Waals surface area contributed by atoms with Crippen LogP contribution in [0.1, 0.15) is 12.8 Å². The van der Waals surface area contributed by atoms with Gasteiger partial charge >= 0.3 is 0 Å². The monoisotopic (exact) mass is 221 g/mol. The van der Waals surface area contributed by atoms with Crippen molar-refractivity contribution >= 4 is 0 Å². The molecule has 16 heavy (non-hydrogen) atoms. The zero-order valence-electron chi connectivity index (χ0n) is 9.61. The topological polar surface area (TPSA) is 48.3 Å². The van der Waals surface area contributed by atoms with Crippen molar-refractivity contribution < 1.29 is 4.74 Å². The molecular weight excluding hydrogens is 202 g/mol. The fourth-order valence-corrected chi connectivity index (χ4v) is 1.87. The van der Waals surface area contributed by atoms with Crippen LogP contribution in [0.3, 0.4) is 0 Å². The molecule has 4 heteroatoms. The van der Waals surface area contributed by atoms with E-state index in [9.17, 15) is 0 Å². The van der Waals surface area contributed by atoms with Crippen LogP contribution in [-0.4, -0.2) is 49.8 Å². The number of nitriles is 1. The molecule has 0 spiro atoms.